The molecule has 7 nitrogen and oxygen atoms in total. The van der Waals surface area contributed by atoms with Crippen LogP contribution in [0.15, 0.2) is 60.8 Å². The molecule has 2 aromatic heterocycles. The lowest BCUT2D eigenvalue weighted by atomic mass is 10.2. The molecule has 29 heavy (non-hydrogen) atoms. The van der Waals surface area contributed by atoms with Gasteiger partial charge in [-0.05, 0) is 31.2 Å². The van der Waals surface area contributed by atoms with Crippen LogP contribution in [0.5, 0.6) is 5.75 Å². The number of rotatable bonds is 3. The van der Waals surface area contributed by atoms with E-state index in [1.807, 2.05) is 47.3 Å². The highest BCUT2D eigenvalue weighted by Crippen LogP contribution is 2.31. The Balaban J connectivity index is 1.75. The van der Waals surface area contributed by atoms with Crippen molar-refractivity contribution in [2.24, 2.45) is 0 Å². The van der Waals surface area contributed by atoms with Gasteiger partial charge in [-0.2, -0.15) is 5.10 Å². The summed E-state index contributed by atoms with van der Waals surface area (Å²) in [5.74, 6) is 1.58. The van der Waals surface area contributed by atoms with E-state index in [4.69, 9.17) is 14.7 Å². The van der Waals surface area contributed by atoms with Gasteiger partial charge in [-0.3, -0.25) is 0 Å². The lowest BCUT2D eigenvalue weighted by Gasteiger charge is -2.34. The van der Waals surface area contributed by atoms with E-state index in [2.05, 4.69) is 16.9 Å². The second-order valence-electron chi connectivity index (χ2n) is 7.17. The molecule has 1 aliphatic rings. The minimum absolute atomic E-state index is 0.184. The number of nitrogens with zero attached hydrogens (tertiary/aromatic N) is 5. The van der Waals surface area contributed by atoms with E-state index >= 15 is 0 Å². The third-order valence-electron chi connectivity index (χ3n) is 5.15. The van der Waals surface area contributed by atoms with Gasteiger partial charge in [-0.15, -0.1) is 0 Å². The van der Waals surface area contributed by atoms with Crippen LogP contribution in [-0.4, -0.2) is 50.7 Å². The van der Waals surface area contributed by atoms with E-state index in [0.717, 1.165) is 34.6 Å². The molecule has 0 aliphatic carbocycles. The van der Waals surface area contributed by atoms with Crippen LogP contribution in [0.2, 0.25) is 0 Å². The largest absolute Gasteiger partial charge is 0.508 e. The Morgan fingerprint density at radius 3 is 2.72 bits per heavy atom. The Morgan fingerprint density at radius 2 is 1.93 bits per heavy atom. The quantitative estimate of drug-likeness (QED) is 0.581. The summed E-state index contributed by atoms with van der Waals surface area (Å²) in [6.07, 6.45) is 1.83. The molecule has 0 amide bonds. The molecule has 3 heterocycles. The molecule has 7 heteroatoms. The fourth-order valence-electron chi connectivity index (χ4n) is 3.69. The minimum Gasteiger partial charge on any atom is -0.508 e. The summed E-state index contributed by atoms with van der Waals surface area (Å²) in [6.45, 7) is 4.19. The van der Waals surface area contributed by atoms with Gasteiger partial charge in [0.2, 0.25) is 0 Å². The number of anilines is 1. The number of fused-ring (bicyclic) bond motifs is 1. The van der Waals surface area contributed by atoms with Crippen molar-refractivity contribution in [2.45, 2.75) is 13.0 Å². The van der Waals surface area contributed by atoms with Gasteiger partial charge in [0.15, 0.2) is 11.5 Å². The maximum absolute atomic E-state index is 9.94. The molecule has 0 radical (unpaired) electrons. The highest BCUT2D eigenvalue weighted by atomic mass is 16.5. The molecule has 5 rings (SSSR count). The van der Waals surface area contributed by atoms with Crippen LogP contribution in [-0.2, 0) is 4.74 Å². The Labute approximate surface area is 168 Å². The van der Waals surface area contributed by atoms with E-state index in [1.165, 1.54) is 0 Å². The van der Waals surface area contributed by atoms with Crippen LogP contribution in [0, 0.1) is 0 Å². The smallest absolute Gasteiger partial charge is 0.169 e. The van der Waals surface area contributed by atoms with Crippen LogP contribution in [0.3, 0.4) is 0 Å². The second kappa shape index (κ2) is 7.18. The molecule has 0 spiro atoms. The van der Waals surface area contributed by atoms with E-state index < -0.39 is 0 Å². The van der Waals surface area contributed by atoms with Gasteiger partial charge in [-0.1, -0.05) is 30.3 Å². The first kappa shape index (κ1) is 17.6. The van der Waals surface area contributed by atoms with Gasteiger partial charge >= 0.3 is 0 Å². The van der Waals surface area contributed by atoms with Crippen molar-refractivity contribution in [3.63, 3.8) is 0 Å². The van der Waals surface area contributed by atoms with E-state index in [9.17, 15) is 5.11 Å². The molecule has 1 saturated heterocycles. The third-order valence-corrected chi connectivity index (χ3v) is 5.15. The molecule has 2 aromatic carbocycles. The van der Waals surface area contributed by atoms with E-state index in [1.54, 1.807) is 18.2 Å². The third kappa shape index (κ3) is 3.19. The molecule has 1 aliphatic heterocycles. The van der Waals surface area contributed by atoms with Gasteiger partial charge in [0, 0.05) is 12.1 Å². The van der Waals surface area contributed by atoms with Crippen LogP contribution in [0.1, 0.15) is 6.92 Å². The SMILES string of the molecule is CC1COCCN1c1nc(-c2cccc(O)c2)nc2c1cnn2-c1ccccc1. The lowest BCUT2D eigenvalue weighted by molar-refractivity contribution is 0.0987. The fourth-order valence-corrected chi connectivity index (χ4v) is 3.69. The zero-order valence-corrected chi connectivity index (χ0v) is 16.1. The van der Waals surface area contributed by atoms with Crippen LogP contribution >= 0.6 is 0 Å². The topological polar surface area (TPSA) is 76.3 Å². The summed E-state index contributed by atoms with van der Waals surface area (Å²) in [5, 5.41) is 15.4. The highest BCUT2D eigenvalue weighted by Gasteiger charge is 2.25. The summed E-state index contributed by atoms with van der Waals surface area (Å²) >= 11 is 0. The zero-order valence-electron chi connectivity index (χ0n) is 16.1. The van der Waals surface area contributed by atoms with Crippen molar-refractivity contribution >= 4 is 16.9 Å². The van der Waals surface area contributed by atoms with Gasteiger partial charge < -0.3 is 14.7 Å². The number of morpholine rings is 1. The van der Waals surface area contributed by atoms with Gasteiger partial charge in [0.05, 0.1) is 36.5 Å². The van der Waals surface area contributed by atoms with Crippen molar-refractivity contribution in [2.75, 3.05) is 24.7 Å². The summed E-state index contributed by atoms with van der Waals surface area (Å²) < 4.78 is 7.44. The van der Waals surface area contributed by atoms with Crippen molar-refractivity contribution < 1.29 is 9.84 Å². The second-order valence-corrected chi connectivity index (χ2v) is 7.17. The molecule has 146 valence electrons. The number of aromatic hydroxyl groups is 1. The number of phenols is 1. The number of aromatic nitrogens is 4. The van der Waals surface area contributed by atoms with Gasteiger partial charge in [0.1, 0.15) is 11.6 Å². The molecule has 1 unspecified atom stereocenters. The first-order valence-electron chi connectivity index (χ1n) is 9.66. The molecule has 0 saturated carbocycles. The van der Waals surface area contributed by atoms with Crippen molar-refractivity contribution in [1.29, 1.82) is 0 Å². The average Bonchev–Trinajstić information content (AvgIpc) is 3.18. The maximum Gasteiger partial charge on any atom is 0.169 e. The van der Waals surface area contributed by atoms with Crippen molar-refractivity contribution in [3.05, 3.63) is 60.8 Å². The van der Waals surface area contributed by atoms with Crippen molar-refractivity contribution in [3.8, 4) is 22.8 Å². The first-order chi connectivity index (χ1) is 14.2. The summed E-state index contributed by atoms with van der Waals surface area (Å²) in [7, 11) is 0. The fraction of sp³-hybridized carbons (Fsp3) is 0.227. The summed E-state index contributed by atoms with van der Waals surface area (Å²) in [5.41, 5.74) is 2.43. The number of ether oxygens (including phenoxy) is 1. The Bertz CT molecular complexity index is 1160. The van der Waals surface area contributed by atoms with E-state index in [0.29, 0.717) is 19.0 Å². The molecular weight excluding hydrogens is 366 g/mol. The summed E-state index contributed by atoms with van der Waals surface area (Å²) in [6, 6.07) is 17.1. The predicted octanol–water partition coefficient (Wildman–Crippen LogP) is 3.41. The molecule has 1 N–H and O–H groups in total. The van der Waals surface area contributed by atoms with Gasteiger partial charge in [0.25, 0.3) is 0 Å². The Hall–Kier alpha value is -3.45. The zero-order chi connectivity index (χ0) is 19.8. The summed E-state index contributed by atoms with van der Waals surface area (Å²) in [4.78, 5) is 12.0. The number of phenolic OH excluding ortho intramolecular Hbond substituents is 1. The number of hydrogen-bond acceptors (Lipinski definition) is 6. The highest BCUT2D eigenvalue weighted by molar-refractivity contribution is 5.90. The molecule has 0 bridgehead atoms. The first-order valence-corrected chi connectivity index (χ1v) is 9.66. The molecular formula is C22H21N5O2. The van der Waals surface area contributed by atoms with Crippen molar-refractivity contribution in [1.82, 2.24) is 19.7 Å². The minimum atomic E-state index is 0.184. The normalized spacial score (nSPS) is 17.0. The lowest BCUT2D eigenvalue weighted by Crippen LogP contribution is -2.44. The van der Waals surface area contributed by atoms with E-state index in [-0.39, 0.29) is 11.8 Å². The molecule has 1 fully saturated rings. The molecule has 4 aromatic rings. The Morgan fingerprint density at radius 1 is 1.07 bits per heavy atom. The standard InChI is InChI=1S/C22H21N5O2/c1-15-14-29-11-10-26(15)21-19-13-23-27(17-7-3-2-4-8-17)22(19)25-20(24-21)16-6-5-9-18(28)12-16/h2-9,12-13,15,28H,10-11,14H2,1H3. The van der Waals surface area contributed by atoms with Crippen LogP contribution < -0.4 is 4.90 Å². The maximum atomic E-state index is 9.94. The predicted molar refractivity (Wildman–Crippen MR) is 111 cm³/mol. The van der Waals surface area contributed by atoms with Crippen LogP contribution in [0.25, 0.3) is 28.1 Å². The average molecular weight is 387 g/mol. The number of hydrogen-bond donors (Lipinski definition) is 1. The monoisotopic (exact) mass is 387 g/mol. The Kier molecular flexibility index (Phi) is 4.37. The number of benzene rings is 2. The molecule has 1 atom stereocenters. The van der Waals surface area contributed by atoms with Gasteiger partial charge in [-0.25, -0.2) is 14.6 Å². The van der Waals surface area contributed by atoms with Crippen LogP contribution in [0.4, 0.5) is 5.82 Å². The number of para-hydroxylation sites is 1.